The van der Waals surface area contributed by atoms with E-state index < -0.39 is 0 Å². The van der Waals surface area contributed by atoms with E-state index in [1.165, 1.54) is 18.4 Å². The second kappa shape index (κ2) is 7.71. The molecular formula is C19H24N2O2S. The summed E-state index contributed by atoms with van der Waals surface area (Å²) in [5.74, 6) is 0.811. The molecule has 1 aliphatic carbocycles. The predicted molar refractivity (Wildman–Crippen MR) is 99.1 cm³/mol. The molecule has 0 bridgehead atoms. The van der Waals surface area contributed by atoms with Gasteiger partial charge in [-0.15, -0.1) is 0 Å². The first-order valence-electron chi connectivity index (χ1n) is 8.52. The molecule has 128 valence electrons. The van der Waals surface area contributed by atoms with Crippen LogP contribution < -0.4 is 15.4 Å². The van der Waals surface area contributed by atoms with Crippen molar-refractivity contribution in [1.29, 1.82) is 0 Å². The topological polar surface area (TPSA) is 50.4 Å². The Balaban J connectivity index is 1.56. The lowest BCUT2D eigenvalue weighted by Gasteiger charge is -2.28. The van der Waals surface area contributed by atoms with Crippen molar-refractivity contribution in [3.05, 3.63) is 46.7 Å². The highest BCUT2D eigenvalue weighted by molar-refractivity contribution is 7.08. The van der Waals surface area contributed by atoms with E-state index in [0.717, 1.165) is 24.3 Å². The quantitative estimate of drug-likeness (QED) is 0.792. The van der Waals surface area contributed by atoms with Crippen LogP contribution in [0.5, 0.6) is 5.75 Å². The number of carbonyl (C=O) groups is 1. The molecule has 1 fully saturated rings. The van der Waals surface area contributed by atoms with Gasteiger partial charge in [-0.2, -0.15) is 11.3 Å². The smallest absolute Gasteiger partial charge is 0.319 e. The van der Waals surface area contributed by atoms with Crippen LogP contribution in [0, 0.1) is 0 Å². The number of hydrogen-bond donors (Lipinski definition) is 2. The maximum Gasteiger partial charge on any atom is 0.319 e. The molecule has 1 aromatic carbocycles. The SMILES string of the molecule is CCOc1ccc(NC(=O)NCC2(c3ccsc3)CCCC2)cc1. The minimum atomic E-state index is -0.152. The summed E-state index contributed by atoms with van der Waals surface area (Å²) in [6.07, 6.45) is 4.76. The van der Waals surface area contributed by atoms with E-state index in [2.05, 4.69) is 27.5 Å². The van der Waals surface area contributed by atoms with Crippen LogP contribution in [0.3, 0.4) is 0 Å². The molecule has 5 heteroatoms. The summed E-state index contributed by atoms with van der Waals surface area (Å²) in [6.45, 7) is 3.27. The minimum Gasteiger partial charge on any atom is -0.494 e. The largest absolute Gasteiger partial charge is 0.494 e. The molecule has 1 aliphatic rings. The van der Waals surface area contributed by atoms with Gasteiger partial charge in [-0.3, -0.25) is 0 Å². The number of ether oxygens (including phenoxy) is 1. The number of rotatable bonds is 6. The predicted octanol–water partition coefficient (Wildman–Crippen LogP) is 4.78. The molecule has 4 nitrogen and oxygen atoms in total. The van der Waals surface area contributed by atoms with Crippen molar-refractivity contribution in [2.24, 2.45) is 0 Å². The van der Waals surface area contributed by atoms with Crippen molar-refractivity contribution < 1.29 is 9.53 Å². The van der Waals surface area contributed by atoms with Gasteiger partial charge in [-0.1, -0.05) is 12.8 Å². The fourth-order valence-electron chi connectivity index (χ4n) is 3.41. The fourth-order valence-corrected chi connectivity index (χ4v) is 4.19. The van der Waals surface area contributed by atoms with Crippen molar-refractivity contribution in [1.82, 2.24) is 5.32 Å². The summed E-state index contributed by atoms with van der Waals surface area (Å²) >= 11 is 1.73. The zero-order chi connectivity index (χ0) is 16.8. The first-order valence-corrected chi connectivity index (χ1v) is 9.46. The average molecular weight is 344 g/mol. The van der Waals surface area contributed by atoms with Gasteiger partial charge in [0.15, 0.2) is 0 Å². The van der Waals surface area contributed by atoms with Crippen molar-refractivity contribution in [3.63, 3.8) is 0 Å². The van der Waals surface area contributed by atoms with Crippen molar-refractivity contribution in [2.45, 2.75) is 38.0 Å². The van der Waals surface area contributed by atoms with Gasteiger partial charge in [0.1, 0.15) is 5.75 Å². The van der Waals surface area contributed by atoms with Crippen LogP contribution in [0.4, 0.5) is 10.5 Å². The van der Waals surface area contributed by atoms with E-state index in [4.69, 9.17) is 4.74 Å². The molecular weight excluding hydrogens is 320 g/mol. The Hall–Kier alpha value is -2.01. The molecule has 2 amide bonds. The third kappa shape index (κ3) is 3.90. The highest BCUT2D eigenvalue weighted by Crippen LogP contribution is 2.41. The molecule has 1 heterocycles. The molecule has 0 unspecified atom stereocenters. The Morgan fingerprint density at radius 1 is 1.21 bits per heavy atom. The van der Waals surface area contributed by atoms with E-state index in [1.54, 1.807) is 11.3 Å². The highest BCUT2D eigenvalue weighted by atomic mass is 32.1. The van der Waals surface area contributed by atoms with Gasteiger partial charge < -0.3 is 15.4 Å². The Kier molecular flexibility index (Phi) is 5.41. The van der Waals surface area contributed by atoms with Gasteiger partial charge in [0.05, 0.1) is 6.61 Å². The van der Waals surface area contributed by atoms with Crippen molar-refractivity contribution in [2.75, 3.05) is 18.5 Å². The van der Waals surface area contributed by atoms with Crippen LogP contribution in [-0.2, 0) is 5.41 Å². The summed E-state index contributed by atoms with van der Waals surface area (Å²) < 4.78 is 5.41. The van der Waals surface area contributed by atoms with Gasteiger partial charge in [0, 0.05) is 17.6 Å². The monoisotopic (exact) mass is 344 g/mol. The second-order valence-corrected chi connectivity index (χ2v) is 7.04. The van der Waals surface area contributed by atoms with Crippen LogP contribution in [0.25, 0.3) is 0 Å². The van der Waals surface area contributed by atoms with Crippen LogP contribution in [-0.4, -0.2) is 19.2 Å². The van der Waals surface area contributed by atoms with Gasteiger partial charge >= 0.3 is 6.03 Å². The molecule has 1 aromatic heterocycles. The van der Waals surface area contributed by atoms with Crippen LogP contribution in [0.2, 0.25) is 0 Å². The Labute approximate surface area is 147 Å². The minimum absolute atomic E-state index is 0.107. The van der Waals surface area contributed by atoms with E-state index in [0.29, 0.717) is 13.2 Å². The molecule has 24 heavy (non-hydrogen) atoms. The molecule has 1 saturated carbocycles. The lowest BCUT2D eigenvalue weighted by Crippen LogP contribution is -2.40. The summed E-state index contributed by atoms with van der Waals surface area (Å²) in [6, 6.07) is 9.48. The van der Waals surface area contributed by atoms with Crippen LogP contribution >= 0.6 is 11.3 Å². The number of amides is 2. The molecule has 2 aromatic rings. The van der Waals surface area contributed by atoms with Crippen molar-refractivity contribution >= 4 is 23.1 Å². The number of carbonyl (C=O) groups excluding carboxylic acids is 1. The Morgan fingerprint density at radius 2 is 1.96 bits per heavy atom. The van der Waals surface area contributed by atoms with Gasteiger partial charge in [-0.25, -0.2) is 4.79 Å². The number of nitrogens with one attached hydrogen (secondary N) is 2. The number of hydrogen-bond acceptors (Lipinski definition) is 3. The second-order valence-electron chi connectivity index (χ2n) is 6.26. The average Bonchev–Trinajstić information content (AvgIpc) is 3.27. The summed E-state index contributed by atoms with van der Waals surface area (Å²) in [4.78, 5) is 12.2. The first kappa shape index (κ1) is 16.8. The maximum atomic E-state index is 12.2. The number of anilines is 1. The van der Waals surface area contributed by atoms with E-state index in [1.807, 2.05) is 31.2 Å². The molecule has 0 saturated heterocycles. The van der Waals surface area contributed by atoms with Crippen molar-refractivity contribution in [3.8, 4) is 5.75 Å². The van der Waals surface area contributed by atoms with Crippen LogP contribution in [0.15, 0.2) is 41.1 Å². The molecule has 0 atom stereocenters. The number of benzene rings is 1. The standard InChI is InChI=1S/C19H24N2O2S/c1-2-23-17-7-5-16(6-8-17)21-18(22)20-14-19(10-3-4-11-19)15-9-12-24-13-15/h5-9,12-13H,2-4,10-11,14H2,1H3,(H2,20,21,22). The van der Waals surface area contributed by atoms with Gasteiger partial charge in [0.25, 0.3) is 0 Å². The molecule has 3 rings (SSSR count). The normalized spacial score (nSPS) is 15.9. The maximum absolute atomic E-state index is 12.2. The molecule has 0 spiro atoms. The Morgan fingerprint density at radius 3 is 2.58 bits per heavy atom. The van der Waals surface area contributed by atoms with Crippen LogP contribution in [0.1, 0.15) is 38.2 Å². The van der Waals surface area contributed by atoms with E-state index in [-0.39, 0.29) is 11.4 Å². The highest BCUT2D eigenvalue weighted by Gasteiger charge is 2.36. The summed E-state index contributed by atoms with van der Waals surface area (Å²) in [5, 5.41) is 10.3. The zero-order valence-electron chi connectivity index (χ0n) is 14.0. The van der Waals surface area contributed by atoms with E-state index >= 15 is 0 Å². The van der Waals surface area contributed by atoms with Gasteiger partial charge in [-0.05, 0) is 66.4 Å². The summed E-state index contributed by atoms with van der Waals surface area (Å²) in [7, 11) is 0. The first-order chi connectivity index (χ1) is 11.7. The lowest BCUT2D eigenvalue weighted by atomic mass is 9.80. The molecule has 0 aliphatic heterocycles. The molecule has 0 radical (unpaired) electrons. The van der Waals surface area contributed by atoms with Gasteiger partial charge in [0.2, 0.25) is 0 Å². The summed E-state index contributed by atoms with van der Waals surface area (Å²) in [5.41, 5.74) is 2.24. The third-order valence-corrected chi connectivity index (χ3v) is 5.39. The van der Waals surface area contributed by atoms with E-state index in [9.17, 15) is 4.79 Å². The number of thiophene rings is 1. The molecule has 2 N–H and O–H groups in total. The third-order valence-electron chi connectivity index (χ3n) is 4.70. The fraction of sp³-hybridized carbons (Fsp3) is 0.421. The lowest BCUT2D eigenvalue weighted by molar-refractivity contribution is 0.248. The Bertz CT molecular complexity index is 647. The number of urea groups is 1. The zero-order valence-corrected chi connectivity index (χ0v) is 14.8.